The zero-order chi connectivity index (χ0) is 12.4. The summed E-state index contributed by atoms with van der Waals surface area (Å²) in [6, 6.07) is 5.43. The van der Waals surface area contributed by atoms with E-state index in [0.29, 0.717) is 12.8 Å². The van der Waals surface area contributed by atoms with Crippen molar-refractivity contribution in [2.45, 2.75) is 19.3 Å². The van der Waals surface area contributed by atoms with Gasteiger partial charge in [0.1, 0.15) is 5.82 Å². The molecule has 0 spiro atoms. The summed E-state index contributed by atoms with van der Waals surface area (Å²) in [5, 5.41) is 9.01. The maximum absolute atomic E-state index is 13.0. The number of carboxylic acids is 1. The number of carboxylic acid groups (broad SMARTS) is 1. The van der Waals surface area contributed by atoms with Gasteiger partial charge in [-0.1, -0.05) is 18.6 Å². The molecule has 0 radical (unpaired) electrons. The number of Topliss-reactive ketones (excluding diaryl/α,β-unsaturated/α-hetero) is 1. The number of carbonyl (C=O) groups excluding carboxylic acids is 1. The first-order valence-corrected chi connectivity index (χ1v) is 5.62. The number of ketones is 1. The lowest BCUT2D eigenvalue weighted by Crippen LogP contribution is -2.25. The molecule has 2 atom stereocenters. The SMILES string of the molecule is O=C(O)C1CCCC1C(=O)c1cccc(F)c1. The number of hydrogen-bond acceptors (Lipinski definition) is 2. The van der Waals surface area contributed by atoms with Crippen molar-refractivity contribution in [3.05, 3.63) is 35.6 Å². The molecule has 1 aliphatic carbocycles. The highest BCUT2D eigenvalue weighted by molar-refractivity contribution is 6.00. The summed E-state index contributed by atoms with van der Waals surface area (Å²) in [4.78, 5) is 23.1. The standard InChI is InChI=1S/C13H13FO3/c14-9-4-1-3-8(7-9)12(15)10-5-2-6-11(10)13(16)17/h1,3-4,7,10-11H,2,5-6H2,(H,16,17). The summed E-state index contributed by atoms with van der Waals surface area (Å²) in [5.41, 5.74) is 0.267. The van der Waals surface area contributed by atoms with Gasteiger partial charge in [-0.2, -0.15) is 0 Å². The van der Waals surface area contributed by atoms with E-state index in [0.717, 1.165) is 6.42 Å². The second-order valence-corrected chi connectivity index (χ2v) is 4.36. The molecule has 90 valence electrons. The van der Waals surface area contributed by atoms with Crippen LogP contribution in [0, 0.1) is 17.7 Å². The minimum atomic E-state index is -0.933. The highest BCUT2D eigenvalue weighted by Gasteiger charge is 2.37. The molecule has 0 aliphatic heterocycles. The van der Waals surface area contributed by atoms with Crippen LogP contribution in [0.5, 0.6) is 0 Å². The van der Waals surface area contributed by atoms with Gasteiger partial charge >= 0.3 is 5.97 Å². The van der Waals surface area contributed by atoms with E-state index < -0.39 is 23.6 Å². The number of carbonyl (C=O) groups is 2. The fourth-order valence-corrected chi connectivity index (χ4v) is 2.43. The molecule has 0 saturated heterocycles. The summed E-state index contributed by atoms with van der Waals surface area (Å²) in [5.74, 6) is -2.78. The van der Waals surface area contributed by atoms with Crippen LogP contribution in [-0.2, 0) is 4.79 Å². The normalized spacial score (nSPS) is 23.6. The van der Waals surface area contributed by atoms with Crippen LogP contribution in [0.4, 0.5) is 4.39 Å². The first-order chi connectivity index (χ1) is 8.09. The largest absolute Gasteiger partial charge is 0.481 e. The van der Waals surface area contributed by atoms with Gasteiger partial charge in [-0.15, -0.1) is 0 Å². The van der Waals surface area contributed by atoms with Crippen molar-refractivity contribution in [3.8, 4) is 0 Å². The summed E-state index contributed by atoms with van der Waals surface area (Å²) >= 11 is 0. The average molecular weight is 236 g/mol. The van der Waals surface area contributed by atoms with E-state index in [-0.39, 0.29) is 11.3 Å². The van der Waals surface area contributed by atoms with E-state index in [9.17, 15) is 14.0 Å². The second-order valence-electron chi connectivity index (χ2n) is 4.36. The highest BCUT2D eigenvalue weighted by atomic mass is 19.1. The van der Waals surface area contributed by atoms with Crippen molar-refractivity contribution in [3.63, 3.8) is 0 Å². The molecule has 2 rings (SSSR count). The fourth-order valence-electron chi connectivity index (χ4n) is 2.43. The summed E-state index contributed by atoms with van der Waals surface area (Å²) in [6.07, 6.45) is 1.84. The molecule has 1 aromatic carbocycles. The Balaban J connectivity index is 2.23. The van der Waals surface area contributed by atoms with Gasteiger partial charge in [0, 0.05) is 11.5 Å². The molecule has 1 N–H and O–H groups in total. The van der Waals surface area contributed by atoms with Crippen molar-refractivity contribution in [1.29, 1.82) is 0 Å². The topological polar surface area (TPSA) is 54.4 Å². The van der Waals surface area contributed by atoms with E-state index in [4.69, 9.17) is 5.11 Å². The van der Waals surface area contributed by atoms with Crippen LogP contribution in [0.1, 0.15) is 29.6 Å². The molecule has 0 aromatic heterocycles. The Labute approximate surface area is 98.3 Å². The molecule has 0 bridgehead atoms. The molecule has 0 amide bonds. The molecule has 1 fully saturated rings. The van der Waals surface area contributed by atoms with Crippen molar-refractivity contribution in [2.24, 2.45) is 11.8 Å². The van der Waals surface area contributed by atoms with Gasteiger partial charge in [-0.3, -0.25) is 9.59 Å². The maximum Gasteiger partial charge on any atom is 0.307 e. The predicted octanol–water partition coefficient (Wildman–Crippen LogP) is 2.51. The minimum absolute atomic E-state index is 0.255. The highest BCUT2D eigenvalue weighted by Crippen LogP contribution is 2.34. The maximum atomic E-state index is 13.0. The Hall–Kier alpha value is -1.71. The Morgan fingerprint density at radius 1 is 1.24 bits per heavy atom. The number of rotatable bonds is 3. The average Bonchev–Trinajstić information content (AvgIpc) is 2.77. The molecule has 1 aromatic rings. The molecule has 4 heteroatoms. The summed E-state index contributed by atoms with van der Waals surface area (Å²) in [7, 11) is 0. The Morgan fingerprint density at radius 2 is 1.94 bits per heavy atom. The lowest BCUT2D eigenvalue weighted by atomic mass is 9.88. The molecule has 2 unspecified atom stereocenters. The Morgan fingerprint density at radius 3 is 2.59 bits per heavy atom. The van der Waals surface area contributed by atoms with Crippen molar-refractivity contribution < 1.29 is 19.1 Å². The predicted molar refractivity (Wildman–Crippen MR) is 59.2 cm³/mol. The van der Waals surface area contributed by atoms with Crippen molar-refractivity contribution >= 4 is 11.8 Å². The van der Waals surface area contributed by atoms with Gasteiger partial charge in [-0.25, -0.2) is 4.39 Å². The third-order valence-corrected chi connectivity index (χ3v) is 3.28. The number of hydrogen-bond donors (Lipinski definition) is 1. The van der Waals surface area contributed by atoms with Gasteiger partial charge in [0.05, 0.1) is 5.92 Å². The zero-order valence-corrected chi connectivity index (χ0v) is 9.23. The van der Waals surface area contributed by atoms with Crippen molar-refractivity contribution in [1.82, 2.24) is 0 Å². The van der Waals surface area contributed by atoms with Gasteiger partial charge in [0.2, 0.25) is 0 Å². The number of halogens is 1. The summed E-state index contributed by atoms with van der Waals surface area (Å²) < 4.78 is 13.0. The van der Waals surface area contributed by atoms with Crippen LogP contribution >= 0.6 is 0 Å². The number of aliphatic carboxylic acids is 1. The minimum Gasteiger partial charge on any atom is -0.481 e. The second kappa shape index (κ2) is 4.65. The van der Waals surface area contributed by atoms with E-state index in [2.05, 4.69) is 0 Å². The molecule has 1 aliphatic rings. The zero-order valence-electron chi connectivity index (χ0n) is 9.23. The van der Waals surface area contributed by atoms with E-state index in [1.54, 1.807) is 0 Å². The van der Waals surface area contributed by atoms with Crippen LogP contribution in [0.3, 0.4) is 0 Å². The lowest BCUT2D eigenvalue weighted by Gasteiger charge is -2.14. The van der Waals surface area contributed by atoms with Crippen LogP contribution in [-0.4, -0.2) is 16.9 Å². The van der Waals surface area contributed by atoms with Crippen LogP contribution in [0.2, 0.25) is 0 Å². The van der Waals surface area contributed by atoms with Crippen molar-refractivity contribution in [2.75, 3.05) is 0 Å². The van der Waals surface area contributed by atoms with E-state index in [1.165, 1.54) is 24.3 Å². The molecular formula is C13H13FO3. The van der Waals surface area contributed by atoms with Gasteiger partial charge in [-0.05, 0) is 25.0 Å². The fraction of sp³-hybridized carbons (Fsp3) is 0.385. The third-order valence-electron chi connectivity index (χ3n) is 3.28. The number of benzene rings is 1. The Bertz CT molecular complexity index is 456. The van der Waals surface area contributed by atoms with Gasteiger partial charge in [0.25, 0.3) is 0 Å². The molecular weight excluding hydrogens is 223 g/mol. The molecule has 17 heavy (non-hydrogen) atoms. The first-order valence-electron chi connectivity index (χ1n) is 5.62. The van der Waals surface area contributed by atoms with Gasteiger partial charge < -0.3 is 5.11 Å². The quantitative estimate of drug-likeness (QED) is 0.820. The van der Waals surface area contributed by atoms with Crippen LogP contribution < -0.4 is 0 Å². The summed E-state index contributed by atoms with van der Waals surface area (Å²) in [6.45, 7) is 0. The Kier molecular flexibility index (Phi) is 3.22. The van der Waals surface area contributed by atoms with E-state index >= 15 is 0 Å². The van der Waals surface area contributed by atoms with E-state index in [1.807, 2.05) is 0 Å². The molecule has 1 saturated carbocycles. The third kappa shape index (κ3) is 2.35. The van der Waals surface area contributed by atoms with Gasteiger partial charge in [0.15, 0.2) is 5.78 Å². The smallest absolute Gasteiger partial charge is 0.307 e. The molecule has 0 heterocycles. The van der Waals surface area contributed by atoms with Crippen LogP contribution in [0.25, 0.3) is 0 Å². The van der Waals surface area contributed by atoms with Crippen LogP contribution in [0.15, 0.2) is 24.3 Å². The monoisotopic (exact) mass is 236 g/mol. The first kappa shape index (κ1) is 11.8. The molecule has 3 nitrogen and oxygen atoms in total. The lowest BCUT2D eigenvalue weighted by molar-refractivity contribution is -0.142.